The molecular formula is C7H15N2O2P. The van der Waals surface area contributed by atoms with Gasteiger partial charge in [0.2, 0.25) is 0 Å². The first kappa shape index (κ1) is 10.1. The maximum atomic E-state index is 11.8. The van der Waals surface area contributed by atoms with Crippen molar-refractivity contribution in [1.82, 2.24) is 4.67 Å². The zero-order valence-electron chi connectivity index (χ0n) is 7.47. The molecule has 2 unspecified atom stereocenters. The Labute approximate surface area is 74.2 Å². The fourth-order valence-corrected chi connectivity index (χ4v) is 2.56. The molecular weight excluding hydrogens is 175 g/mol. The Bertz CT molecular complexity index is 188. The van der Waals surface area contributed by atoms with Gasteiger partial charge in [-0.15, -0.1) is 0 Å². The van der Waals surface area contributed by atoms with E-state index in [2.05, 4.69) is 0 Å². The highest BCUT2D eigenvalue weighted by Gasteiger charge is 2.33. The van der Waals surface area contributed by atoms with Gasteiger partial charge in [0.05, 0.1) is 12.7 Å². The molecule has 0 aromatic rings. The third-order valence-corrected chi connectivity index (χ3v) is 4.00. The highest BCUT2D eigenvalue weighted by Crippen LogP contribution is 2.48. The van der Waals surface area contributed by atoms with Crippen LogP contribution in [-0.2, 0) is 0 Å². The predicted octanol–water partition coefficient (Wildman–Crippen LogP) is 1.39. The lowest BCUT2D eigenvalue weighted by atomic mass is 10.5. The van der Waals surface area contributed by atoms with Gasteiger partial charge in [0, 0.05) is 13.1 Å². The van der Waals surface area contributed by atoms with E-state index < -0.39 is 12.9 Å². The molecule has 5 heteroatoms. The normalized spacial score (nSPS) is 37.2. The van der Waals surface area contributed by atoms with Gasteiger partial charge in [-0.05, 0) is 13.0 Å². The molecule has 0 amide bonds. The van der Waals surface area contributed by atoms with E-state index in [9.17, 15) is 10.1 Å². The molecule has 2 atom stereocenters. The van der Waals surface area contributed by atoms with Crippen LogP contribution in [0.1, 0.15) is 13.8 Å². The summed E-state index contributed by atoms with van der Waals surface area (Å²) in [5, 5.41) is 11.8. The Kier molecular flexibility index (Phi) is 3.21. The molecule has 4 nitrogen and oxygen atoms in total. The summed E-state index contributed by atoms with van der Waals surface area (Å²) >= 11 is 0. The number of hydrogen-bond donors (Lipinski definition) is 1. The number of nitrogens with zero attached hydrogens (tertiary/aromatic N) is 2. The van der Waals surface area contributed by atoms with Crippen molar-refractivity contribution in [3.05, 3.63) is 17.5 Å². The van der Waals surface area contributed by atoms with Crippen LogP contribution in [0.5, 0.6) is 0 Å². The Balaban J connectivity index is 2.77. The number of hydroxylamine groups is 2. The minimum atomic E-state index is -1.57. The first-order valence-electron chi connectivity index (χ1n) is 4.15. The van der Waals surface area contributed by atoms with Crippen molar-refractivity contribution < 1.29 is 9.31 Å². The highest BCUT2D eigenvalue weighted by atomic mass is 31.2. The lowest BCUT2D eigenvalue weighted by molar-refractivity contribution is -0.704. The summed E-state index contributed by atoms with van der Waals surface area (Å²) in [5.74, 6) is 0. The van der Waals surface area contributed by atoms with Crippen LogP contribution in [0.4, 0.5) is 0 Å². The van der Waals surface area contributed by atoms with Crippen LogP contribution in [-0.4, -0.2) is 33.6 Å². The van der Waals surface area contributed by atoms with Crippen molar-refractivity contribution in [3.8, 4) is 0 Å². The fraction of sp³-hybridized carbons (Fsp3) is 0.714. The van der Waals surface area contributed by atoms with Gasteiger partial charge in [0.25, 0.3) is 0 Å². The van der Waals surface area contributed by atoms with E-state index in [1.165, 1.54) is 0 Å². The molecule has 0 radical (unpaired) electrons. The van der Waals surface area contributed by atoms with Crippen molar-refractivity contribution in [2.75, 3.05) is 19.6 Å². The predicted molar refractivity (Wildman–Crippen MR) is 49.7 cm³/mol. The summed E-state index contributed by atoms with van der Waals surface area (Å²) < 4.78 is 1.23. The van der Waals surface area contributed by atoms with Crippen LogP contribution < -0.4 is 0 Å². The zero-order chi connectivity index (χ0) is 9.19. The van der Waals surface area contributed by atoms with Crippen molar-refractivity contribution in [2.45, 2.75) is 13.8 Å². The van der Waals surface area contributed by atoms with Crippen LogP contribution in [0.15, 0.2) is 12.3 Å². The lowest BCUT2D eigenvalue weighted by Gasteiger charge is -2.45. The first-order valence-corrected chi connectivity index (χ1v) is 5.35. The second kappa shape index (κ2) is 3.81. The van der Waals surface area contributed by atoms with E-state index in [0.29, 0.717) is 13.1 Å². The van der Waals surface area contributed by atoms with E-state index in [-0.39, 0.29) is 0 Å². The maximum Gasteiger partial charge on any atom is 0.345 e. The largest absolute Gasteiger partial charge is 0.624 e. The first-order chi connectivity index (χ1) is 5.64. The van der Waals surface area contributed by atoms with Gasteiger partial charge >= 0.3 is 8.45 Å². The van der Waals surface area contributed by atoms with E-state index in [4.69, 9.17) is 0 Å². The van der Waals surface area contributed by atoms with Crippen LogP contribution in [0, 0.1) is 5.21 Å². The quantitative estimate of drug-likeness (QED) is 0.528. The smallest absolute Gasteiger partial charge is 0.345 e. The topological polar surface area (TPSA) is 46.5 Å². The van der Waals surface area contributed by atoms with Crippen molar-refractivity contribution >= 4 is 8.45 Å². The van der Waals surface area contributed by atoms with Crippen LogP contribution in [0.3, 0.4) is 0 Å². The highest BCUT2D eigenvalue weighted by molar-refractivity contribution is 7.42. The molecule has 1 rings (SSSR count). The van der Waals surface area contributed by atoms with E-state index >= 15 is 0 Å². The van der Waals surface area contributed by atoms with Crippen molar-refractivity contribution in [2.24, 2.45) is 0 Å². The van der Waals surface area contributed by atoms with Crippen LogP contribution in [0.25, 0.3) is 0 Å². The SMILES string of the molecule is CCN1CC=C[N+]([O-])(CC)P1O. The molecule has 0 aromatic carbocycles. The fourth-order valence-electron chi connectivity index (χ4n) is 1.17. The van der Waals surface area contributed by atoms with Crippen molar-refractivity contribution in [1.29, 1.82) is 0 Å². The number of hydrogen-bond acceptors (Lipinski definition) is 3. The second-order valence-corrected chi connectivity index (χ2v) is 4.51. The van der Waals surface area contributed by atoms with E-state index in [1.54, 1.807) is 13.1 Å². The standard InChI is InChI=1S/C7H15N2O2P/c1-3-8-6-5-7-9(10,4-2)12(8)11/h5,7,11H,3-4,6H2,1-2H3. The minimum Gasteiger partial charge on any atom is -0.624 e. The van der Waals surface area contributed by atoms with E-state index in [1.807, 2.05) is 17.7 Å². The summed E-state index contributed by atoms with van der Waals surface area (Å²) in [6, 6.07) is 0. The number of likely N-dealkylation sites (N-methyl/N-ethyl adjacent to an activating group) is 1. The molecule has 1 N–H and O–H groups in total. The third kappa shape index (κ3) is 1.68. The Morgan fingerprint density at radius 3 is 2.83 bits per heavy atom. The van der Waals surface area contributed by atoms with Gasteiger partial charge < -0.3 is 10.1 Å². The number of quaternary nitrogens is 1. The molecule has 0 saturated heterocycles. The van der Waals surface area contributed by atoms with Gasteiger partial charge in [0.1, 0.15) is 0 Å². The molecule has 0 spiro atoms. The summed E-state index contributed by atoms with van der Waals surface area (Å²) in [4.78, 5) is 9.69. The Morgan fingerprint density at radius 1 is 1.67 bits per heavy atom. The Morgan fingerprint density at radius 2 is 2.33 bits per heavy atom. The molecule has 0 aliphatic carbocycles. The summed E-state index contributed by atoms with van der Waals surface area (Å²) in [7, 11) is -1.57. The van der Waals surface area contributed by atoms with Crippen molar-refractivity contribution in [3.63, 3.8) is 0 Å². The van der Waals surface area contributed by atoms with Crippen LogP contribution in [0.2, 0.25) is 0 Å². The molecule has 0 aromatic heterocycles. The van der Waals surface area contributed by atoms with Gasteiger partial charge in [-0.2, -0.15) is 0 Å². The molecule has 0 fully saturated rings. The Hall–Kier alpha value is 0.01000. The lowest BCUT2D eigenvalue weighted by Crippen LogP contribution is -2.40. The average Bonchev–Trinajstić information content (AvgIpc) is 2.10. The van der Waals surface area contributed by atoms with Gasteiger partial charge in [0.15, 0.2) is 0 Å². The summed E-state index contributed by atoms with van der Waals surface area (Å²) in [5.41, 5.74) is 0. The average molecular weight is 190 g/mol. The summed E-state index contributed by atoms with van der Waals surface area (Å²) in [6.07, 6.45) is 3.38. The monoisotopic (exact) mass is 190 g/mol. The number of rotatable bonds is 2. The molecule has 0 saturated carbocycles. The molecule has 12 heavy (non-hydrogen) atoms. The minimum absolute atomic E-state index is 0.398. The molecule has 1 aliphatic rings. The molecule has 1 aliphatic heterocycles. The summed E-state index contributed by atoms with van der Waals surface area (Å²) in [6.45, 7) is 5.57. The van der Waals surface area contributed by atoms with Crippen LogP contribution >= 0.6 is 8.45 Å². The molecule has 0 bridgehead atoms. The second-order valence-electron chi connectivity index (χ2n) is 2.73. The van der Waals surface area contributed by atoms with Gasteiger partial charge in [-0.25, -0.2) is 4.67 Å². The molecule has 70 valence electrons. The van der Waals surface area contributed by atoms with Gasteiger partial charge in [-0.1, -0.05) is 6.92 Å². The maximum absolute atomic E-state index is 11.8. The van der Waals surface area contributed by atoms with Gasteiger partial charge in [-0.3, -0.25) is 4.42 Å². The van der Waals surface area contributed by atoms with E-state index in [0.717, 1.165) is 6.54 Å². The third-order valence-electron chi connectivity index (χ3n) is 2.03. The zero-order valence-corrected chi connectivity index (χ0v) is 8.37. The molecule has 1 heterocycles.